The number of nitrogens with zero attached hydrogens (tertiary/aromatic N) is 1. The summed E-state index contributed by atoms with van der Waals surface area (Å²) in [6, 6.07) is 16.8. The van der Waals surface area contributed by atoms with Crippen LogP contribution in [0.15, 0.2) is 48.5 Å². The van der Waals surface area contributed by atoms with Crippen LogP contribution >= 0.6 is 11.6 Å². The molecule has 0 amide bonds. The summed E-state index contributed by atoms with van der Waals surface area (Å²) >= 11 is 6.13. The first-order valence-corrected chi connectivity index (χ1v) is 8.29. The van der Waals surface area contributed by atoms with Crippen molar-refractivity contribution in [2.75, 3.05) is 6.54 Å². The second kappa shape index (κ2) is 7.16. The molecule has 1 aliphatic heterocycles. The average Bonchev–Trinajstić information content (AvgIpc) is 2.54. The average molecular weight is 330 g/mol. The monoisotopic (exact) mass is 329 g/mol. The molecule has 0 aromatic heterocycles. The summed E-state index contributed by atoms with van der Waals surface area (Å²) in [4.78, 5) is 13.2. The molecular formula is C19H20ClNO2. The first-order chi connectivity index (χ1) is 11.1. The Balaban J connectivity index is 1.84. The second-order valence-corrected chi connectivity index (χ2v) is 6.45. The van der Waals surface area contributed by atoms with Gasteiger partial charge in [-0.3, -0.25) is 9.69 Å². The Labute approximate surface area is 141 Å². The van der Waals surface area contributed by atoms with E-state index in [0.29, 0.717) is 12.5 Å². The molecule has 0 unspecified atom stereocenters. The van der Waals surface area contributed by atoms with Crippen LogP contribution in [0.3, 0.4) is 0 Å². The van der Waals surface area contributed by atoms with Gasteiger partial charge in [0.2, 0.25) is 0 Å². The van der Waals surface area contributed by atoms with Crippen LogP contribution in [0, 0.1) is 0 Å². The lowest BCUT2D eigenvalue weighted by molar-refractivity contribution is -0.137. The molecular weight excluding hydrogens is 310 g/mol. The minimum absolute atomic E-state index is 0.209. The molecule has 2 aromatic carbocycles. The number of hydrogen-bond donors (Lipinski definition) is 1. The number of halogens is 1. The molecule has 0 bridgehead atoms. The van der Waals surface area contributed by atoms with Gasteiger partial charge in [0.1, 0.15) is 0 Å². The quantitative estimate of drug-likeness (QED) is 0.888. The van der Waals surface area contributed by atoms with Gasteiger partial charge in [-0.25, -0.2) is 0 Å². The highest BCUT2D eigenvalue weighted by Gasteiger charge is 2.27. The van der Waals surface area contributed by atoms with Gasteiger partial charge >= 0.3 is 5.97 Å². The lowest BCUT2D eigenvalue weighted by Crippen LogP contribution is -2.35. The molecule has 4 heteroatoms. The first-order valence-electron chi connectivity index (χ1n) is 7.91. The Morgan fingerprint density at radius 2 is 1.96 bits per heavy atom. The van der Waals surface area contributed by atoms with E-state index in [1.807, 2.05) is 18.2 Å². The third kappa shape index (κ3) is 3.92. The number of rotatable bonds is 5. The number of carbonyl (C=O) groups is 1. The SMILES string of the molecule is O=C(O)CCCN1Cc2cc(Cl)ccc2C[C@@H]1c1ccccc1. The van der Waals surface area contributed by atoms with E-state index in [9.17, 15) is 4.79 Å². The van der Waals surface area contributed by atoms with Gasteiger partial charge in [0.15, 0.2) is 0 Å². The van der Waals surface area contributed by atoms with Crippen molar-refractivity contribution in [3.63, 3.8) is 0 Å². The zero-order valence-corrected chi connectivity index (χ0v) is 13.7. The van der Waals surface area contributed by atoms with Crippen molar-refractivity contribution >= 4 is 17.6 Å². The van der Waals surface area contributed by atoms with Crippen LogP contribution < -0.4 is 0 Å². The maximum Gasteiger partial charge on any atom is 0.303 e. The highest BCUT2D eigenvalue weighted by atomic mass is 35.5. The molecule has 3 nitrogen and oxygen atoms in total. The molecule has 120 valence electrons. The standard InChI is InChI=1S/C19H20ClNO2/c20-17-9-8-15-12-18(14-5-2-1-3-6-14)21(13-16(15)11-17)10-4-7-19(22)23/h1-3,5-6,8-9,11,18H,4,7,10,12-13H2,(H,22,23)/t18-/m1/s1. The third-order valence-corrected chi connectivity index (χ3v) is 4.65. The van der Waals surface area contributed by atoms with E-state index in [4.69, 9.17) is 16.7 Å². The van der Waals surface area contributed by atoms with Crippen molar-refractivity contribution in [1.82, 2.24) is 4.90 Å². The van der Waals surface area contributed by atoms with Gasteiger partial charge < -0.3 is 5.11 Å². The van der Waals surface area contributed by atoms with Crippen molar-refractivity contribution in [1.29, 1.82) is 0 Å². The number of aliphatic carboxylic acids is 1. The topological polar surface area (TPSA) is 40.5 Å². The minimum Gasteiger partial charge on any atom is -0.481 e. The van der Waals surface area contributed by atoms with Crippen LogP contribution in [0.25, 0.3) is 0 Å². The zero-order valence-electron chi connectivity index (χ0n) is 12.9. The van der Waals surface area contributed by atoms with Crippen molar-refractivity contribution in [2.45, 2.75) is 31.8 Å². The molecule has 2 aromatic rings. The van der Waals surface area contributed by atoms with Gasteiger partial charge in [-0.15, -0.1) is 0 Å². The number of carboxylic acids is 1. The molecule has 3 rings (SSSR count). The first kappa shape index (κ1) is 16.0. The van der Waals surface area contributed by atoms with E-state index >= 15 is 0 Å². The molecule has 1 aliphatic rings. The van der Waals surface area contributed by atoms with Gasteiger partial charge in [0.25, 0.3) is 0 Å². The van der Waals surface area contributed by atoms with Gasteiger partial charge in [-0.1, -0.05) is 48.0 Å². The van der Waals surface area contributed by atoms with Crippen LogP contribution in [0.1, 0.15) is 35.6 Å². The van der Waals surface area contributed by atoms with E-state index < -0.39 is 5.97 Å². The van der Waals surface area contributed by atoms with E-state index in [1.165, 1.54) is 16.7 Å². The number of benzene rings is 2. The molecule has 1 N–H and O–H groups in total. The molecule has 0 radical (unpaired) electrons. The Bertz CT molecular complexity index is 687. The largest absolute Gasteiger partial charge is 0.481 e. The fourth-order valence-electron chi connectivity index (χ4n) is 3.28. The van der Waals surface area contributed by atoms with Crippen LogP contribution in [-0.4, -0.2) is 22.5 Å². The molecule has 0 aliphatic carbocycles. The second-order valence-electron chi connectivity index (χ2n) is 6.01. The molecule has 23 heavy (non-hydrogen) atoms. The van der Waals surface area contributed by atoms with Gasteiger partial charge in [-0.05, 0) is 48.2 Å². The van der Waals surface area contributed by atoms with E-state index in [2.05, 4.69) is 35.2 Å². The minimum atomic E-state index is -0.735. The lowest BCUT2D eigenvalue weighted by Gasteiger charge is -2.37. The van der Waals surface area contributed by atoms with E-state index in [1.54, 1.807) is 0 Å². The predicted octanol–water partition coefficient (Wildman–Crippen LogP) is 4.30. The highest BCUT2D eigenvalue weighted by Crippen LogP contribution is 2.34. The molecule has 0 saturated carbocycles. The number of fused-ring (bicyclic) bond motifs is 1. The number of carboxylic acid groups (broad SMARTS) is 1. The van der Waals surface area contributed by atoms with E-state index in [0.717, 1.165) is 24.5 Å². The van der Waals surface area contributed by atoms with E-state index in [-0.39, 0.29) is 6.42 Å². The fourth-order valence-corrected chi connectivity index (χ4v) is 3.47. The summed E-state index contributed by atoms with van der Waals surface area (Å²) < 4.78 is 0. The maximum absolute atomic E-state index is 10.8. The smallest absolute Gasteiger partial charge is 0.303 e. The van der Waals surface area contributed by atoms with Crippen LogP contribution in [-0.2, 0) is 17.8 Å². The molecule has 0 fully saturated rings. The molecule has 1 heterocycles. The Hall–Kier alpha value is -1.84. The third-order valence-electron chi connectivity index (χ3n) is 4.42. The molecule has 1 atom stereocenters. The normalized spacial score (nSPS) is 17.7. The Morgan fingerprint density at radius 1 is 1.17 bits per heavy atom. The lowest BCUT2D eigenvalue weighted by atomic mass is 9.89. The summed E-state index contributed by atoms with van der Waals surface area (Å²) in [5.74, 6) is -0.735. The molecule has 0 spiro atoms. The van der Waals surface area contributed by atoms with Crippen molar-refractivity contribution < 1.29 is 9.90 Å². The van der Waals surface area contributed by atoms with Crippen LogP contribution in [0.5, 0.6) is 0 Å². The van der Waals surface area contributed by atoms with Gasteiger partial charge in [-0.2, -0.15) is 0 Å². The Kier molecular flexibility index (Phi) is 4.99. The van der Waals surface area contributed by atoms with Crippen LogP contribution in [0.4, 0.5) is 0 Å². The maximum atomic E-state index is 10.8. The summed E-state index contributed by atoms with van der Waals surface area (Å²) in [5, 5.41) is 9.64. The Morgan fingerprint density at radius 3 is 2.70 bits per heavy atom. The van der Waals surface area contributed by atoms with Crippen molar-refractivity contribution in [3.8, 4) is 0 Å². The van der Waals surface area contributed by atoms with Gasteiger partial charge in [0, 0.05) is 24.0 Å². The summed E-state index contributed by atoms with van der Waals surface area (Å²) in [5.41, 5.74) is 3.86. The predicted molar refractivity (Wildman–Crippen MR) is 91.6 cm³/mol. The van der Waals surface area contributed by atoms with Crippen LogP contribution in [0.2, 0.25) is 5.02 Å². The van der Waals surface area contributed by atoms with Crippen molar-refractivity contribution in [3.05, 3.63) is 70.2 Å². The van der Waals surface area contributed by atoms with Crippen molar-refractivity contribution in [2.24, 2.45) is 0 Å². The van der Waals surface area contributed by atoms with Gasteiger partial charge in [0.05, 0.1) is 0 Å². The summed E-state index contributed by atoms with van der Waals surface area (Å²) in [6.45, 7) is 1.59. The fraction of sp³-hybridized carbons (Fsp3) is 0.316. The number of hydrogen-bond acceptors (Lipinski definition) is 2. The zero-order chi connectivity index (χ0) is 16.2. The molecule has 0 saturated heterocycles. The summed E-state index contributed by atoms with van der Waals surface area (Å²) in [6.07, 6.45) is 1.80. The highest BCUT2D eigenvalue weighted by molar-refractivity contribution is 6.30. The summed E-state index contributed by atoms with van der Waals surface area (Å²) in [7, 11) is 0.